The van der Waals surface area contributed by atoms with Crippen LogP contribution in [-0.4, -0.2) is 26.6 Å². The molecule has 7 nitrogen and oxygen atoms in total. The molecular formula is C26H27N5O2. The van der Waals surface area contributed by atoms with Gasteiger partial charge in [-0.15, -0.1) is 0 Å². The molecule has 168 valence electrons. The van der Waals surface area contributed by atoms with Crippen LogP contribution in [0.5, 0.6) is 0 Å². The number of carbonyl (C=O) groups is 2. The summed E-state index contributed by atoms with van der Waals surface area (Å²) in [6, 6.07) is 14.9. The summed E-state index contributed by atoms with van der Waals surface area (Å²) in [5.74, 6) is -0.761. The summed E-state index contributed by atoms with van der Waals surface area (Å²) < 4.78 is 1.88. The van der Waals surface area contributed by atoms with Crippen molar-refractivity contribution in [3.8, 4) is 5.69 Å². The van der Waals surface area contributed by atoms with E-state index in [1.165, 1.54) is 5.56 Å². The second-order valence-electron chi connectivity index (χ2n) is 8.29. The molecule has 33 heavy (non-hydrogen) atoms. The number of pyridine rings is 1. The van der Waals surface area contributed by atoms with Crippen LogP contribution in [0.25, 0.3) is 16.7 Å². The van der Waals surface area contributed by atoms with Crippen molar-refractivity contribution in [3.05, 3.63) is 82.2 Å². The van der Waals surface area contributed by atoms with Gasteiger partial charge in [0.25, 0.3) is 5.91 Å². The van der Waals surface area contributed by atoms with Crippen molar-refractivity contribution in [1.29, 1.82) is 0 Å². The summed E-state index contributed by atoms with van der Waals surface area (Å²) in [4.78, 5) is 29.1. The number of aryl methyl sites for hydroxylation is 4. The molecule has 0 atom stereocenters. The van der Waals surface area contributed by atoms with Crippen LogP contribution in [0, 0.1) is 27.7 Å². The molecule has 0 spiro atoms. The number of rotatable bonds is 6. The molecule has 2 aromatic heterocycles. The van der Waals surface area contributed by atoms with Gasteiger partial charge in [0, 0.05) is 17.5 Å². The van der Waals surface area contributed by atoms with Gasteiger partial charge >= 0.3 is 0 Å². The van der Waals surface area contributed by atoms with Crippen molar-refractivity contribution < 1.29 is 9.59 Å². The van der Waals surface area contributed by atoms with Gasteiger partial charge in [-0.05, 0) is 69.5 Å². The fourth-order valence-electron chi connectivity index (χ4n) is 4.20. The van der Waals surface area contributed by atoms with Gasteiger partial charge in [0.15, 0.2) is 5.65 Å². The highest BCUT2D eigenvalue weighted by atomic mass is 16.2. The van der Waals surface area contributed by atoms with E-state index < -0.39 is 5.91 Å². The molecule has 2 heterocycles. The molecule has 4 rings (SSSR count). The number of anilines is 1. The van der Waals surface area contributed by atoms with Gasteiger partial charge in [-0.1, -0.05) is 29.8 Å². The highest BCUT2D eigenvalue weighted by Crippen LogP contribution is 2.28. The maximum atomic E-state index is 12.6. The molecule has 0 fully saturated rings. The van der Waals surface area contributed by atoms with E-state index in [1.807, 2.05) is 30.7 Å². The zero-order valence-corrected chi connectivity index (χ0v) is 19.3. The Bertz CT molecular complexity index is 1370. The summed E-state index contributed by atoms with van der Waals surface area (Å²) >= 11 is 0. The first-order valence-corrected chi connectivity index (χ1v) is 10.9. The molecule has 3 N–H and O–H groups in total. The van der Waals surface area contributed by atoms with E-state index in [9.17, 15) is 9.59 Å². The third-order valence-electron chi connectivity index (χ3n) is 5.92. The zero-order valence-electron chi connectivity index (χ0n) is 19.3. The average molecular weight is 442 g/mol. The summed E-state index contributed by atoms with van der Waals surface area (Å²) in [6.45, 7) is 8.05. The summed E-state index contributed by atoms with van der Waals surface area (Å²) in [6.07, 6.45) is 0.785. The number of hydrogen-bond acceptors (Lipinski definition) is 4. The van der Waals surface area contributed by atoms with E-state index in [2.05, 4.69) is 31.3 Å². The minimum atomic E-state index is -0.576. The van der Waals surface area contributed by atoms with Crippen LogP contribution in [0.15, 0.2) is 48.5 Å². The van der Waals surface area contributed by atoms with Gasteiger partial charge in [0.1, 0.15) is 0 Å². The molecule has 0 saturated carbocycles. The first-order valence-electron chi connectivity index (χ1n) is 10.9. The number of nitrogens with one attached hydrogen (secondary N) is 1. The first-order chi connectivity index (χ1) is 15.8. The number of para-hydroxylation sites is 1. The van der Waals surface area contributed by atoms with E-state index in [4.69, 9.17) is 15.8 Å². The number of benzene rings is 2. The molecule has 2 amide bonds. The molecule has 7 heteroatoms. The molecule has 2 aromatic carbocycles. The lowest BCUT2D eigenvalue weighted by Crippen LogP contribution is -2.18. The lowest BCUT2D eigenvalue weighted by atomic mass is 9.99. The van der Waals surface area contributed by atoms with E-state index >= 15 is 0 Å². The smallest absolute Gasteiger partial charge is 0.250 e. The molecule has 0 saturated heterocycles. The monoisotopic (exact) mass is 441 g/mol. The molecule has 0 radical (unpaired) electrons. The van der Waals surface area contributed by atoms with Crippen LogP contribution >= 0.6 is 0 Å². The highest BCUT2D eigenvalue weighted by Gasteiger charge is 2.18. The van der Waals surface area contributed by atoms with Crippen LogP contribution < -0.4 is 11.1 Å². The van der Waals surface area contributed by atoms with Crippen molar-refractivity contribution >= 4 is 28.5 Å². The zero-order chi connectivity index (χ0) is 23.7. The third-order valence-corrected chi connectivity index (χ3v) is 5.92. The Balaban J connectivity index is 1.60. The Kier molecular flexibility index (Phi) is 5.96. The Hall–Kier alpha value is -4.00. The molecule has 4 aromatic rings. The molecule has 0 bridgehead atoms. The topological polar surface area (TPSA) is 103 Å². The van der Waals surface area contributed by atoms with E-state index in [0.717, 1.165) is 39.2 Å². The van der Waals surface area contributed by atoms with E-state index in [0.29, 0.717) is 17.7 Å². The number of hydrogen-bond donors (Lipinski definition) is 2. The number of carbonyl (C=O) groups excluding carboxylic acids is 2. The number of aromatic nitrogens is 3. The normalized spacial score (nSPS) is 11.0. The summed E-state index contributed by atoms with van der Waals surface area (Å²) in [5.41, 5.74) is 13.0. The van der Waals surface area contributed by atoms with Gasteiger partial charge in [-0.2, -0.15) is 5.10 Å². The van der Waals surface area contributed by atoms with Gasteiger partial charge in [-0.3, -0.25) is 9.59 Å². The number of nitrogens with two attached hydrogens (primary N) is 1. The number of nitrogens with zero attached hydrogens (tertiary/aromatic N) is 3. The van der Waals surface area contributed by atoms with Gasteiger partial charge in [0.05, 0.1) is 22.6 Å². The van der Waals surface area contributed by atoms with Gasteiger partial charge < -0.3 is 11.1 Å². The predicted molar refractivity (Wildman–Crippen MR) is 130 cm³/mol. The maximum absolute atomic E-state index is 12.6. The lowest BCUT2D eigenvalue weighted by molar-refractivity contribution is -0.116. The lowest BCUT2D eigenvalue weighted by Gasteiger charge is -2.13. The van der Waals surface area contributed by atoms with Crippen LogP contribution in [0.3, 0.4) is 0 Å². The fraction of sp³-hybridized carbons (Fsp3) is 0.231. The largest absolute Gasteiger partial charge is 0.366 e. The first kappa shape index (κ1) is 22.2. The van der Waals surface area contributed by atoms with Crippen LogP contribution in [-0.2, 0) is 11.2 Å². The van der Waals surface area contributed by atoms with E-state index in [-0.39, 0.29) is 12.3 Å². The molecule has 0 unspecified atom stereocenters. The quantitative estimate of drug-likeness (QED) is 0.465. The molecule has 0 aliphatic carbocycles. The summed E-state index contributed by atoms with van der Waals surface area (Å²) in [7, 11) is 0. The average Bonchev–Trinajstić information content (AvgIpc) is 3.10. The fourth-order valence-corrected chi connectivity index (χ4v) is 4.20. The van der Waals surface area contributed by atoms with Crippen molar-refractivity contribution in [2.75, 3.05) is 5.32 Å². The second-order valence-corrected chi connectivity index (χ2v) is 8.29. The SMILES string of the molecule is Cc1ccc(-n2nc(C)c3c(C)c(CCC(=O)Nc4ccccc4C(N)=O)c(C)nc32)cc1. The van der Waals surface area contributed by atoms with Crippen LogP contribution in [0.2, 0.25) is 0 Å². The Morgan fingerprint density at radius 2 is 1.67 bits per heavy atom. The van der Waals surface area contributed by atoms with Gasteiger partial charge in [0.2, 0.25) is 5.91 Å². The Labute approximate surface area is 192 Å². The Morgan fingerprint density at radius 1 is 0.970 bits per heavy atom. The van der Waals surface area contributed by atoms with Crippen molar-refractivity contribution in [3.63, 3.8) is 0 Å². The van der Waals surface area contributed by atoms with Crippen molar-refractivity contribution in [2.24, 2.45) is 5.73 Å². The molecular weight excluding hydrogens is 414 g/mol. The van der Waals surface area contributed by atoms with Crippen molar-refractivity contribution in [2.45, 2.75) is 40.5 Å². The summed E-state index contributed by atoms with van der Waals surface area (Å²) in [5, 5.41) is 8.55. The minimum absolute atomic E-state index is 0.185. The van der Waals surface area contributed by atoms with Gasteiger partial charge in [-0.25, -0.2) is 9.67 Å². The predicted octanol–water partition coefficient (Wildman–Crippen LogP) is 4.32. The third kappa shape index (κ3) is 4.35. The second kappa shape index (κ2) is 8.86. The highest BCUT2D eigenvalue weighted by molar-refractivity contribution is 6.03. The van der Waals surface area contributed by atoms with Crippen molar-refractivity contribution in [1.82, 2.24) is 14.8 Å². The minimum Gasteiger partial charge on any atom is -0.366 e. The number of amides is 2. The van der Waals surface area contributed by atoms with E-state index in [1.54, 1.807) is 24.3 Å². The molecule has 0 aliphatic rings. The molecule has 0 aliphatic heterocycles. The van der Waals surface area contributed by atoms with Crippen LogP contribution in [0.1, 0.15) is 44.9 Å². The Morgan fingerprint density at radius 3 is 2.36 bits per heavy atom. The standard InChI is InChI=1S/C26H27N5O2/c1-15-9-11-19(12-10-15)31-26-24(18(4)30-31)16(2)20(17(3)28-26)13-14-23(32)29-22-8-6-5-7-21(22)25(27)33/h5-12H,13-14H2,1-4H3,(H2,27,33)(H,29,32). The van der Waals surface area contributed by atoms with Crippen LogP contribution in [0.4, 0.5) is 5.69 Å². The number of primary amides is 1. The number of fused-ring (bicyclic) bond motifs is 1. The maximum Gasteiger partial charge on any atom is 0.250 e.